The summed E-state index contributed by atoms with van der Waals surface area (Å²) in [6.45, 7) is 1.77. The molecule has 1 aliphatic carbocycles. The minimum Gasteiger partial charge on any atom is -0.369 e. The van der Waals surface area contributed by atoms with Gasteiger partial charge in [-0.2, -0.15) is 0 Å². The van der Waals surface area contributed by atoms with Gasteiger partial charge in [-0.3, -0.25) is 9.59 Å². The lowest BCUT2D eigenvalue weighted by Gasteiger charge is -2.28. The summed E-state index contributed by atoms with van der Waals surface area (Å²) in [5, 5.41) is 0.628. The van der Waals surface area contributed by atoms with Gasteiger partial charge in [0.1, 0.15) is 0 Å². The van der Waals surface area contributed by atoms with Crippen LogP contribution in [0.25, 0.3) is 0 Å². The maximum atomic E-state index is 11.6. The molecule has 1 aliphatic rings. The zero-order valence-corrected chi connectivity index (χ0v) is 10.8. The van der Waals surface area contributed by atoms with E-state index < -0.39 is 11.8 Å². The zero-order valence-electron chi connectivity index (χ0n) is 10.0. The molecule has 0 aliphatic heterocycles. The van der Waals surface area contributed by atoms with Gasteiger partial charge < -0.3 is 5.73 Å². The molecule has 0 heterocycles. The molecule has 0 saturated carbocycles. The number of rotatable bonds is 2. The normalized spacial score (nSPS) is 23.7. The molecule has 1 aromatic rings. The van der Waals surface area contributed by atoms with Gasteiger partial charge in [-0.25, -0.2) is 0 Å². The van der Waals surface area contributed by atoms with E-state index in [-0.39, 0.29) is 11.7 Å². The predicted molar refractivity (Wildman–Crippen MR) is 70.3 cm³/mol. The Hall–Kier alpha value is -1.61. The molecule has 0 spiro atoms. The molecule has 0 saturated heterocycles. The number of hydrogen-bond acceptors (Lipinski definition) is 2. The van der Waals surface area contributed by atoms with Gasteiger partial charge in [-0.1, -0.05) is 29.3 Å². The standard InChI is InChI=1S/C14H14ClNO2/c1-8-6-11(17)7-12(13(8)14(16)18)9-2-4-10(15)5-3-9/h2-6,12-13H,7H2,1H3,(H2,16,18)/t12-,13+/m0/s1. The van der Waals surface area contributed by atoms with Gasteiger partial charge in [0.2, 0.25) is 5.91 Å². The lowest BCUT2D eigenvalue weighted by Crippen LogP contribution is -2.33. The molecule has 0 bridgehead atoms. The highest BCUT2D eigenvalue weighted by Gasteiger charge is 2.34. The van der Waals surface area contributed by atoms with Crippen molar-refractivity contribution in [3.63, 3.8) is 0 Å². The second-order valence-electron chi connectivity index (χ2n) is 4.60. The summed E-state index contributed by atoms with van der Waals surface area (Å²) in [6.07, 6.45) is 1.83. The summed E-state index contributed by atoms with van der Waals surface area (Å²) >= 11 is 5.84. The third-order valence-electron chi connectivity index (χ3n) is 3.31. The molecule has 2 rings (SSSR count). The summed E-state index contributed by atoms with van der Waals surface area (Å²) < 4.78 is 0. The van der Waals surface area contributed by atoms with Crippen LogP contribution >= 0.6 is 11.6 Å². The van der Waals surface area contributed by atoms with E-state index >= 15 is 0 Å². The molecular weight excluding hydrogens is 250 g/mol. The third kappa shape index (κ3) is 2.46. The Bertz CT molecular complexity index is 519. The molecule has 1 amide bonds. The number of ketones is 1. The van der Waals surface area contributed by atoms with Crippen molar-refractivity contribution in [3.8, 4) is 0 Å². The fraction of sp³-hybridized carbons (Fsp3) is 0.286. The Kier molecular flexibility index (Phi) is 3.53. The van der Waals surface area contributed by atoms with E-state index in [4.69, 9.17) is 17.3 Å². The molecule has 0 aromatic heterocycles. The van der Waals surface area contributed by atoms with Crippen LogP contribution in [-0.4, -0.2) is 11.7 Å². The van der Waals surface area contributed by atoms with Gasteiger partial charge in [0.15, 0.2) is 5.78 Å². The minimum atomic E-state index is -0.413. The van der Waals surface area contributed by atoms with Crippen molar-refractivity contribution < 1.29 is 9.59 Å². The summed E-state index contributed by atoms with van der Waals surface area (Å²) in [4.78, 5) is 23.2. The number of carbonyl (C=O) groups excluding carboxylic acids is 2. The van der Waals surface area contributed by atoms with Crippen molar-refractivity contribution in [2.45, 2.75) is 19.3 Å². The Labute approximate surface area is 111 Å². The van der Waals surface area contributed by atoms with Crippen molar-refractivity contribution in [2.24, 2.45) is 11.7 Å². The predicted octanol–water partition coefficient (Wildman–Crippen LogP) is 2.44. The van der Waals surface area contributed by atoms with Gasteiger partial charge in [-0.15, -0.1) is 0 Å². The first-order valence-corrected chi connectivity index (χ1v) is 6.12. The third-order valence-corrected chi connectivity index (χ3v) is 3.56. The highest BCUT2D eigenvalue weighted by molar-refractivity contribution is 6.30. The highest BCUT2D eigenvalue weighted by Crippen LogP contribution is 2.37. The van der Waals surface area contributed by atoms with Crippen molar-refractivity contribution in [1.29, 1.82) is 0 Å². The van der Waals surface area contributed by atoms with Crippen LogP contribution in [0.2, 0.25) is 5.02 Å². The van der Waals surface area contributed by atoms with Gasteiger partial charge in [-0.05, 0) is 30.7 Å². The van der Waals surface area contributed by atoms with Crippen LogP contribution in [0.3, 0.4) is 0 Å². The molecule has 0 fully saturated rings. The van der Waals surface area contributed by atoms with Crippen LogP contribution in [0.1, 0.15) is 24.8 Å². The molecule has 2 N–H and O–H groups in total. The molecule has 94 valence electrons. The number of allylic oxidation sites excluding steroid dienone is 1. The lowest BCUT2D eigenvalue weighted by atomic mass is 9.74. The highest BCUT2D eigenvalue weighted by atomic mass is 35.5. The number of amides is 1. The molecule has 0 unspecified atom stereocenters. The van der Waals surface area contributed by atoms with Crippen LogP contribution in [0.15, 0.2) is 35.9 Å². The summed E-state index contributed by atoms with van der Waals surface area (Å²) in [5.74, 6) is -0.956. The number of hydrogen-bond donors (Lipinski definition) is 1. The van der Waals surface area contributed by atoms with Crippen LogP contribution in [0, 0.1) is 5.92 Å². The Balaban J connectivity index is 2.41. The quantitative estimate of drug-likeness (QED) is 0.891. The first kappa shape index (κ1) is 12.8. The number of primary amides is 1. The van der Waals surface area contributed by atoms with E-state index in [2.05, 4.69) is 0 Å². The first-order chi connectivity index (χ1) is 8.49. The van der Waals surface area contributed by atoms with Crippen LogP contribution in [-0.2, 0) is 9.59 Å². The largest absolute Gasteiger partial charge is 0.369 e. The van der Waals surface area contributed by atoms with Gasteiger partial charge >= 0.3 is 0 Å². The van der Waals surface area contributed by atoms with Crippen molar-refractivity contribution >= 4 is 23.3 Å². The van der Waals surface area contributed by atoms with E-state index in [1.54, 1.807) is 19.1 Å². The van der Waals surface area contributed by atoms with Crippen LogP contribution < -0.4 is 5.73 Å². The van der Waals surface area contributed by atoms with Crippen molar-refractivity contribution in [3.05, 3.63) is 46.5 Å². The maximum absolute atomic E-state index is 11.6. The molecule has 3 nitrogen and oxygen atoms in total. The Morgan fingerprint density at radius 2 is 1.94 bits per heavy atom. The summed E-state index contributed by atoms with van der Waals surface area (Å²) in [7, 11) is 0. The zero-order chi connectivity index (χ0) is 13.3. The molecular formula is C14H14ClNO2. The van der Waals surface area contributed by atoms with E-state index in [1.165, 1.54) is 6.08 Å². The number of halogens is 1. The van der Waals surface area contributed by atoms with Crippen LogP contribution in [0.5, 0.6) is 0 Å². The van der Waals surface area contributed by atoms with Gasteiger partial charge in [0.25, 0.3) is 0 Å². The van der Waals surface area contributed by atoms with E-state index in [0.29, 0.717) is 11.4 Å². The maximum Gasteiger partial charge on any atom is 0.225 e. The van der Waals surface area contributed by atoms with E-state index in [9.17, 15) is 9.59 Å². The number of carbonyl (C=O) groups is 2. The van der Waals surface area contributed by atoms with Crippen molar-refractivity contribution in [1.82, 2.24) is 0 Å². The van der Waals surface area contributed by atoms with E-state index in [1.807, 2.05) is 12.1 Å². The molecule has 0 radical (unpaired) electrons. The summed E-state index contributed by atoms with van der Waals surface area (Å²) in [5.41, 5.74) is 7.10. The van der Waals surface area contributed by atoms with Gasteiger partial charge in [0, 0.05) is 17.4 Å². The minimum absolute atomic E-state index is 0.0324. The lowest BCUT2D eigenvalue weighted by molar-refractivity contribution is -0.122. The SMILES string of the molecule is CC1=CC(=O)C[C@@H](c2ccc(Cl)cc2)[C@@H]1C(N)=O. The second-order valence-corrected chi connectivity index (χ2v) is 5.03. The fourth-order valence-corrected chi connectivity index (χ4v) is 2.62. The summed E-state index contributed by atoms with van der Waals surface area (Å²) in [6, 6.07) is 7.20. The Morgan fingerprint density at radius 1 is 1.33 bits per heavy atom. The molecule has 2 atom stereocenters. The second kappa shape index (κ2) is 4.94. The number of benzene rings is 1. The average Bonchev–Trinajstić information content (AvgIpc) is 2.28. The van der Waals surface area contributed by atoms with Crippen LogP contribution in [0.4, 0.5) is 0 Å². The van der Waals surface area contributed by atoms with Crippen molar-refractivity contribution in [2.75, 3.05) is 0 Å². The van der Waals surface area contributed by atoms with E-state index in [0.717, 1.165) is 11.1 Å². The molecule has 1 aromatic carbocycles. The first-order valence-electron chi connectivity index (χ1n) is 5.75. The molecule has 18 heavy (non-hydrogen) atoms. The van der Waals surface area contributed by atoms with Gasteiger partial charge in [0.05, 0.1) is 5.92 Å². The molecule has 4 heteroatoms. The topological polar surface area (TPSA) is 60.2 Å². The number of nitrogens with two attached hydrogens (primary N) is 1. The smallest absolute Gasteiger partial charge is 0.225 e. The fourth-order valence-electron chi connectivity index (χ4n) is 2.50. The Morgan fingerprint density at radius 3 is 2.50 bits per heavy atom. The average molecular weight is 264 g/mol. The monoisotopic (exact) mass is 263 g/mol.